The second-order valence-corrected chi connectivity index (χ2v) is 5.66. The third kappa shape index (κ3) is 1.48. The lowest BCUT2D eigenvalue weighted by atomic mass is 10.2. The van der Waals surface area contributed by atoms with Crippen molar-refractivity contribution in [3.05, 3.63) is 35.7 Å². The summed E-state index contributed by atoms with van der Waals surface area (Å²) in [6, 6.07) is 8.37. The van der Waals surface area contributed by atoms with Gasteiger partial charge in [0.1, 0.15) is 0 Å². The molecule has 0 radical (unpaired) electrons. The number of fused-ring (bicyclic) bond motifs is 4. The van der Waals surface area contributed by atoms with Gasteiger partial charge in [0.15, 0.2) is 5.82 Å². The minimum atomic E-state index is 0.821. The van der Waals surface area contributed by atoms with Gasteiger partial charge in [0.25, 0.3) is 0 Å². The van der Waals surface area contributed by atoms with E-state index in [0.717, 1.165) is 28.0 Å². The normalized spacial score (nSPS) is 13.3. The number of aryl methyl sites for hydroxylation is 2. The van der Waals surface area contributed by atoms with Crippen LogP contribution in [0.15, 0.2) is 39.5 Å². The summed E-state index contributed by atoms with van der Waals surface area (Å²) < 4.78 is 4.02. The van der Waals surface area contributed by atoms with Gasteiger partial charge in [0.05, 0.1) is 11.2 Å². The van der Waals surface area contributed by atoms with Crippen molar-refractivity contribution in [3.8, 4) is 0 Å². The highest BCUT2D eigenvalue weighted by molar-refractivity contribution is 7.99. The third-order valence-corrected chi connectivity index (χ3v) is 4.70. The van der Waals surface area contributed by atoms with Gasteiger partial charge >= 0.3 is 0 Å². The Kier molecular flexibility index (Phi) is 2.47. The maximum atomic E-state index is 4.55. The summed E-state index contributed by atoms with van der Waals surface area (Å²) >= 11 is 1.62. The number of nitrogens with zero attached hydrogens (tertiary/aromatic N) is 5. The first-order valence-electron chi connectivity index (χ1n) is 6.53. The molecule has 1 aliphatic heterocycles. The van der Waals surface area contributed by atoms with Crippen LogP contribution in [0.1, 0.15) is 18.3 Å². The molecule has 100 valence electrons. The quantitative estimate of drug-likeness (QED) is 0.539. The van der Waals surface area contributed by atoms with E-state index >= 15 is 0 Å². The van der Waals surface area contributed by atoms with Crippen molar-refractivity contribution in [3.63, 3.8) is 0 Å². The monoisotopic (exact) mass is 283 g/mol. The maximum absolute atomic E-state index is 4.55. The summed E-state index contributed by atoms with van der Waals surface area (Å²) in [5, 5.41) is 16.2. The molecule has 0 saturated heterocycles. The SMILES string of the molecule is CCc1nnc2n1N=Cc1c(n(C)c3ccccc13)S2. The van der Waals surface area contributed by atoms with Crippen molar-refractivity contribution in [2.75, 3.05) is 0 Å². The van der Waals surface area contributed by atoms with Crippen LogP contribution in [-0.2, 0) is 13.5 Å². The molecule has 0 fully saturated rings. The molecule has 5 nitrogen and oxygen atoms in total. The molecule has 3 heterocycles. The second-order valence-electron chi connectivity index (χ2n) is 4.71. The van der Waals surface area contributed by atoms with E-state index in [4.69, 9.17) is 0 Å². The van der Waals surface area contributed by atoms with E-state index in [2.05, 4.69) is 58.1 Å². The van der Waals surface area contributed by atoms with E-state index < -0.39 is 0 Å². The average Bonchev–Trinajstić information content (AvgIpc) is 2.92. The van der Waals surface area contributed by atoms with Crippen molar-refractivity contribution >= 4 is 28.9 Å². The van der Waals surface area contributed by atoms with Gasteiger partial charge < -0.3 is 4.57 Å². The number of hydrogen-bond acceptors (Lipinski definition) is 4. The summed E-state index contributed by atoms with van der Waals surface area (Å²) in [6.45, 7) is 2.06. The van der Waals surface area contributed by atoms with Crippen LogP contribution < -0.4 is 0 Å². The van der Waals surface area contributed by atoms with Crippen molar-refractivity contribution in [2.45, 2.75) is 23.5 Å². The van der Waals surface area contributed by atoms with Gasteiger partial charge in [-0.25, -0.2) is 0 Å². The molecular weight excluding hydrogens is 270 g/mol. The number of aromatic nitrogens is 4. The highest BCUT2D eigenvalue weighted by Crippen LogP contribution is 2.36. The Balaban J connectivity index is 2.00. The first-order valence-corrected chi connectivity index (χ1v) is 7.35. The molecule has 0 bridgehead atoms. The molecule has 1 aliphatic rings. The minimum Gasteiger partial charge on any atom is -0.338 e. The fraction of sp³-hybridized carbons (Fsp3) is 0.214. The standard InChI is InChI=1S/C14H13N5S/c1-3-12-16-17-14-19(12)15-8-10-9-6-4-5-7-11(9)18(2)13(10)20-14/h4-8H,3H2,1-2H3. The van der Waals surface area contributed by atoms with Crippen LogP contribution in [-0.4, -0.2) is 25.7 Å². The number of hydrogen-bond donors (Lipinski definition) is 0. The van der Waals surface area contributed by atoms with E-state index in [-0.39, 0.29) is 0 Å². The van der Waals surface area contributed by atoms with Crippen LogP contribution in [0.4, 0.5) is 0 Å². The van der Waals surface area contributed by atoms with E-state index in [0.29, 0.717) is 0 Å². The largest absolute Gasteiger partial charge is 0.338 e. The molecule has 4 rings (SSSR count). The van der Waals surface area contributed by atoms with Crippen LogP contribution in [0.5, 0.6) is 0 Å². The number of benzene rings is 1. The highest BCUT2D eigenvalue weighted by atomic mass is 32.2. The second kappa shape index (κ2) is 4.21. The molecule has 2 aromatic heterocycles. The highest BCUT2D eigenvalue weighted by Gasteiger charge is 2.21. The molecule has 20 heavy (non-hydrogen) atoms. The first kappa shape index (κ1) is 11.7. The molecule has 3 aromatic rings. The molecule has 0 aliphatic carbocycles. The van der Waals surface area contributed by atoms with E-state index in [1.807, 2.05) is 10.9 Å². The smallest absolute Gasteiger partial charge is 0.218 e. The van der Waals surface area contributed by atoms with Crippen LogP contribution in [0.3, 0.4) is 0 Å². The first-order chi connectivity index (χ1) is 9.79. The molecule has 0 amide bonds. The Hall–Kier alpha value is -2.08. The topological polar surface area (TPSA) is 48.0 Å². The molecular formula is C14H13N5S. The Morgan fingerprint density at radius 3 is 2.90 bits per heavy atom. The minimum absolute atomic E-state index is 0.821. The molecule has 0 unspecified atom stereocenters. The van der Waals surface area contributed by atoms with Crippen molar-refractivity contribution < 1.29 is 0 Å². The summed E-state index contributed by atoms with van der Waals surface area (Å²) in [4.78, 5) is 0. The van der Waals surface area contributed by atoms with Crippen molar-refractivity contribution in [2.24, 2.45) is 12.1 Å². The fourth-order valence-electron chi connectivity index (χ4n) is 2.55. The summed E-state index contributed by atoms with van der Waals surface area (Å²) in [5.74, 6) is 0.890. The Labute approximate surface area is 120 Å². The van der Waals surface area contributed by atoms with Gasteiger partial charge in [-0.1, -0.05) is 25.1 Å². The molecule has 0 saturated carbocycles. The third-order valence-electron chi connectivity index (χ3n) is 3.57. The maximum Gasteiger partial charge on any atom is 0.218 e. The van der Waals surface area contributed by atoms with Crippen LogP contribution in [0, 0.1) is 0 Å². The van der Waals surface area contributed by atoms with Crippen molar-refractivity contribution in [1.82, 2.24) is 19.4 Å². The zero-order valence-corrected chi connectivity index (χ0v) is 12.1. The van der Waals surface area contributed by atoms with Gasteiger partial charge in [-0.2, -0.15) is 9.78 Å². The Morgan fingerprint density at radius 2 is 2.05 bits per heavy atom. The van der Waals surface area contributed by atoms with Gasteiger partial charge in [-0.15, -0.1) is 10.2 Å². The average molecular weight is 283 g/mol. The van der Waals surface area contributed by atoms with Gasteiger partial charge in [0.2, 0.25) is 5.16 Å². The van der Waals surface area contributed by atoms with Crippen LogP contribution in [0.2, 0.25) is 0 Å². The zero-order valence-electron chi connectivity index (χ0n) is 11.2. The molecule has 0 spiro atoms. The van der Waals surface area contributed by atoms with E-state index in [1.165, 1.54) is 10.9 Å². The fourth-order valence-corrected chi connectivity index (χ4v) is 3.55. The van der Waals surface area contributed by atoms with Gasteiger partial charge in [0, 0.05) is 29.9 Å². The van der Waals surface area contributed by atoms with Crippen molar-refractivity contribution in [1.29, 1.82) is 0 Å². The van der Waals surface area contributed by atoms with Gasteiger partial charge in [-0.05, 0) is 17.8 Å². The predicted octanol–water partition coefficient (Wildman–Crippen LogP) is 2.68. The summed E-state index contributed by atoms with van der Waals surface area (Å²) in [5.41, 5.74) is 2.36. The lowest BCUT2D eigenvalue weighted by Crippen LogP contribution is -1.97. The lowest BCUT2D eigenvalue weighted by molar-refractivity contribution is 0.723. The number of rotatable bonds is 1. The summed E-state index contributed by atoms with van der Waals surface area (Å²) in [7, 11) is 2.08. The summed E-state index contributed by atoms with van der Waals surface area (Å²) in [6.07, 6.45) is 2.74. The lowest BCUT2D eigenvalue weighted by Gasteiger charge is -2.02. The van der Waals surface area contributed by atoms with Crippen LogP contribution >= 0.6 is 11.8 Å². The Bertz CT molecular complexity index is 843. The predicted molar refractivity (Wildman–Crippen MR) is 79.4 cm³/mol. The molecule has 0 N–H and O–H groups in total. The molecule has 6 heteroatoms. The molecule has 1 aromatic carbocycles. The van der Waals surface area contributed by atoms with Crippen LogP contribution in [0.25, 0.3) is 10.9 Å². The van der Waals surface area contributed by atoms with E-state index in [9.17, 15) is 0 Å². The Morgan fingerprint density at radius 1 is 1.20 bits per heavy atom. The number of para-hydroxylation sites is 1. The van der Waals surface area contributed by atoms with Gasteiger partial charge in [-0.3, -0.25) is 0 Å². The molecule has 0 atom stereocenters. The zero-order chi connectivity index (χ0) is 13.7. The van der Waals surface area contributed by atoms with E-state index in [1.54, 1.807) is 11.8 Å².